The summed E-state index contributed by atoms with van der Waals surface area (Å²) < 4.78 is 20.7. The van der Waals surface area contributed by atoms with E-state index in [4.69, 9.17) is 14.2 Å². The van der Waals surface area contributed by atoms with E-state index in [2.05, 4.69) is 4.74 Å². The monoisotopic (exact) mass is 202 g/mol. The topological polar surface area (TPSA) is 57.3 Å². The lowest BCUT2D eigenvalue weighted by Crippen LogP contribution is -2.38. The minimum Gasteiger partial charge on any atom is -0.467 e. The molecular formula is C9H14O5. The molecule has 2 heterocycles. The molecule has 2 aliphatic rings. The second kappa shape index (κ2) is 3.18. The SMILES string of the molecule is COC(=O)C1(C)OC12COCCOC2. The molecule has 5 nitrogen and oxygen atoms in total. The highest BCUT2D eigenvalue weighted by molar-refractivity contribution is 5.84. The van der Waals surface area contributed by atoms with E-state index in [-0.39, 0.29) is 5.97 Å². The van der Waals surface area contributed by atoms with Crippen LogP contribution < -0.4 is 0 Å². The third kappa shape index (κ3) is 1.24. The molecule has 0 aromatic rings. The van der Waals surface area contributed by atoms with Crippen LogP contribution in [-0.4, -0.2) is 50.7 Å². The van der Waals surface area contributed by atoms with Crippen molar-refractivity contribution in [1.29, 1.82) is 0 Å². The smallest absolute Gasteiger partial charge is 0.341 e. The van der Waals surface area contributed by atoms with Crippen LogP contribution in [0.25, 0.3) is 0 Å². The molecule has 2 rings (SSSR count). The number of methoxy groups -OCH3 is 1. The van der Waals surface area contributed by atoms with Gasteiger partial charge in [-0.25, -0.2) is 4.79 Å². The number of hydrogen-bond donors (Lipinski definition) is 0. The molecule has 80 valence electrons. The van der Waals surface area contributed by atoms with Gasteiger partial charge >= 0.3 is 5.97 Å². The van der Waals surface area contributed by atoms with Crippen LogP contribution in [0.1, 0.15) is 6.92 Å². The number of carbonyl (C=O) groups is 1. The zero-order valence-electron chi connectivity index (χ0n) is 8.37. The maximum atomic E-state index is 11.4. The van der Waals surface area contributed by atoms with Crippen LogP contribution in [0.2, 0.25) is 0 Å². The molecular weight excluding hydrogens is 188 g/mol. The average Bonchev–Trinajstić information content (AvgIpc) is 2.86. The van der Waals surface area contributed by atoms with Crippen molar-refractivity contribution < 1.29 is 23.7 Å². The minimum absolute atomic E-state index is 0.369. The normalized spacial score (nSPS) is 35.0. The average molecular weight is 202 g/mol. The van der Waals surface area contributed by atoms with Gasteiger partial charge in [-0.2, -0.15) is 0 Å². The van der Waals surface area contributed by atoms with Crippen molar-refractivity contribution in [3.8, 4) is 0 Å². The van der Waals surface area contributed by atoms with Gasteiger partial charge in [0.2, 0.25) is 0 Å². The lowest BCUT2D eigenvalue weighted by Gasteiger charge is -2.11. The number of carbonyl (C=O) groups excluding carboxylic acids is 1. The van der Waals surface area contributed by atoms with Crippen LogP contribution in [0.15, 0.2) is 0 Å². The van der Waals surface area contributed by atoms with Gasteiger partial charge in [-0.15, -0.1) is 0 Å². The molecule has 2 aliphatic heterocycles. The Morgan fingerprint density at radius 3 is 2.36 bits per heavy atom. The van der Waals surface area contributed by atoms with E-state index < -0.39 is 11.2 Å². The van der Waals surface area contributed by atoms with Crippen LogP contribution >= 0.6 is 0 Å². The Labute approximate surface area is 82.3 Å². The Hall–Kier alpha value is -0.650. The second-order valence-electron chi connectivity index (χ2n) is 3.73. The van der Waals surface area contributed by atoms with Gasteiger partial charge in [0.1, 0.15) is 0 Å². The summed E-state index contributed by atoms with van der Waals surface area (Å²) in [4.78, 5) is 11.4. The molecule has 1 atom stereocenters. The van der Waals surface area contributed by atoms with Crippen LogP contribution in [0.5, 0.6) is 0 Å². The molecule has 0 aromatic carbocycles. The fourth-order valence-electron chi connectivity index (χ4n) is 1.76. The Morgan fingerprint density at radius 1 is 1.29 bits per heavy atom. The van der Waals surface area contributed by atoms with Crippen molar-refractivity contribution in [2.75, 3.05) is 33.5 Å². The fraction of sp³-hybridized carbons (Fsp3) is 0.889. The first-order chi connectivity index (χ1) is 6.65. The summed E-state index contributed by atoms with van der Waals surface area (Å²) >= 11 is 0. The predicted octanol–water partition coefficient (Wildman–Crippen LogP) is -0.266. The zero-order chi connectivity index (χ0) is 10.2. The molecule has 0 saturated carbocycles. The predicted molar refractivity (Wildman–Crippen MR) is 45.9 cm³/mol. The first-order valence-corrected chi connectivity index (χ1v) is 4.59. The van der Waals surface area contributed by atoms with Crippen molar-refractivity contribution in [1.82, 2.24) is 0 Å². The summed E-state index contributed by atoms with van der Waals surface area (Å²) in [7, 11) is 1.35. The first-order valence-electron chi connectivity index (χ1n) is 4.59. The highest BCUT2D eigenvalue weighted by Crippen LogP contribution is 2.49. The first kappa shape index (κ1) is 9.89. The molecule has 0 amide bonds. The Bertz CT molecular complexity index is 244. The van der Waals surface area contributed by atoms with Gasteiger partial charge in [-0.05, 0) is 6.92 Å². The van der Waals surface area contributed by atoms with Gasteiger partial charge in [0.25, 0.3) is 0 Å². The zero-order valence-corrected chi connectivity index (χ0v) is 8.37. The lowest BCUT2D eigenvalue weighted by molar-refractivity contribution is -0.146. The van der Waals surface area contributed by atoms with E-state index in [9.17, 15) is 4.79 Å². The highest BCUT2D eigenvalue weighted by atomic mass is 16.7. The van der Waals surface area contributed by atoms with Crippen molar-refractivity contribution >= 4 is 5.97 Å². The number of epoxide rings is 1. The minimum atomic E-state index is -0.897. The summed E-state index contributed by atoms with van der Waals surface area (Å²) in [6.45, 7) is 3.57. The van der Waals surface area contributed by atoms with E-state index in [0.29, 0.717) is 26.4 Å². The highest BCUT2D eigenvalue weighted by Gasteiger charge is 2.73. The molecule has 2 fully saturated rings. The molecule has 1 unspecified atom stereocenters. The van der Waals surface area contributed by atoms with Crippen LogP contribution in [-0.2, 0) is 23.7 Å². The molecule has 2 saturated heterocycles. The van der Waals surface area contributed by atoms with E-state index >= 15 is 0 Å². The fourth-order valence-corrected chi connectivity index (χ4v) is 1.76. The summed E-state index contributed by atoms with van der Waals surface area (Å²) in [5, 5.41) is 0. The van der Waals surface area contributed by atoms with Gasteiger partial charge in [0.15, 0.2) is 11.2 Å². The molecule has 0 N–H and O–H groups in total. The summed E-state index contributed by atoms with van der Waals surface area (Å²) in [6, 6.07) is 0. The van der Waals surface area contributed by atoms with Gasteiger partial charge < -0.3 is 18.9 Å². The summed E-state index contributed by atoms with van der Waals surface area (Å²) in [5.74, 6) is -0.369. The van der Waals surface area contributed by atoms with Crippen LogP contribution in [0.4, 0.5) is 0 Å². The molecule has 0 aliphatic carbocycles. The molecule has 0 aromatic heterocycles. The lowest BCUT2D eigenvalue weighted by atomic mass is 9.96. The number of esters is 1. The summed E-state index contributed by atoms with van der Waals surface area (Å²) in [6.07, 6.45) is 0. The van der Waals surface area contributed by atoms with Crippen molar-refractivity contribution in [3.05, 3.63) is 0 Å². The van der Waals surface area contributed by atoms with Gasteiger partial charge in [0, 0.05) is 0 Å². The van der Waals surface area contributed by atoms with E-state index in [1.807, 2.05) is 0 Å². The summed E-state index contributed by atoms with van der Waals surface area (Å²) in [5.41, 5.74) is -1.53. The maximum absolute atomic E-state index is 11.4. The molecule has 0 bridgehead atoms. The van der Waals surface area contributed by atoms with Crippen LogP contribution in [0, 0.1) is 0 Å². The number of hydrogen-bond acceptors (Lipinski definition) is 5. The van der Waals surface area contributed by atoms with Crippen molar-refractivity contribution in [2.24, 2.45) is 0 Å². The van der Waals surface area contributed by atoms with E-state index in [1.54, 1.807) is 6.92 Å². The van der Waals surface area contributed by atoms with Gasteiger partial charge in [0.05, 0.1) is 33.5 Å². The van der Waals surface area contributed by atoms with E-state index in [1.165, 1.54) is 7.11 Å². The Balaban J connectivity index is 2.09. The van der Waals surface area contributed by atoms with Crippen LogP contribution in [0.3, 0.4) is 0 Å². The van der Waals surface area contributed by atoms with Crippen molar-refractivity contribution in [2.45, 2.75) is 18.1 Å². The number of ether oxygens (including phenoxy) is 4. The third-order valence-corrected chi connectivity index (χ3v) is 2.84. The Kier molecular flexibility index (Phi) is 2.25. The van der Waals surface area contributed by atoms with Gasteiger partial charge in [-0.1, -0.05) is 0 Å². The standard InChI is InChI=1S/C9H14O5/c1-8(7(10)11-2)9(14-8)5-12-3-4-13-6-9/h3-6H2,1-2H3. The Morgan fingerprint density at radius 2 is 1.86 bits per heavy atom. The second-order valence-corrected chi connectivity index (χ2v) is 3.73. The van der Waals surface area contributed by atoms with Gasteiger partial charge in [-0.3, -0.25) is 0 Å². The van der Waals surface area contributed by atoms with E-state index in [0.717, 1.165) is 0 Å². The third-order valence-electron chi connectivity index (χ3n) is 2.84. The molecule has 14 heavy (non-hydrogen) atoms. The molecule has 1 spiro atoms. The maximum Gasteiger partial charge on any atom is 0.341 e. The largest absolute Gasteiger partial charge is 0.467 e. The number of rotatable bonds is 1. The quantitative estimate of drug-likeness (QED) is 0.433. The molecule has 5 heteroatoms. The van der Waals surface area contributed by atoms with Crippen molar-refractivity contribution in [3.63, 3.8) is 0 Å². The molecule has 0 radical (unpaired) electrons.